The number of hydroxylamine groups is 1. The number of methoxy groups -OCH3 is 2. The topological polar surface area (TPSA) is 104 Å². The van der Waals surface area contributed by atoms with E-state index >= 15 is 0 Å². The second kappa shape index (κ2) is 9.85. The van der Waals surface area contributed by atoms with Gasteiger partial charge in [-0.05, 0) is 57.0 Å². The highest BCUT2D eigenvalue weighted by Gasteiger charge is 2.38. The number of piperidine rings is 1. The molecule has 0 atom stereocenters. The van der Waals surface area contributed by atoms with Crippen molar-refractivity contribution in [2.75, 3.05) is 27.3 Å². The second-order valence-corrected chi connectivity index (χ2v) is 11.1. The molecular formula is C25H30N4O5S. The second-order valence-electron chi connectivity index (χ2n) is 9.19. The van der Waals surface area contributed by atoms with Gasteiger partial charge in [0, 0.05) is 25.1 Å². The van der Waals surface area contributed by atoms with E-state index < -0.39 is 15.6 Å². The van der Waals surface area contributed by atoms with Crippen molar-refractivity contribution in [2.24, 2.45) is 5.10 Å². The molecule has 9 nitrogen and oxygen atoms in total. The summed E-state index contributed by atoms with van der Waals surface area (Å²) in [5.74, 6) is 1.27. The number of hydrazone groups is 1. The third-order valence-corrected chi connectivity index (χ3v) is 8.19. The maximum Gasteiger partial charge on any atom is 0.244 e. The molecule has 2 aromatic carbocycles. The summed E-state index contributed by atoms with van der Waals surface area (Å²) >= 11 is 0. The molecule has 2 aliphatic rings. The zero-order valence-electron chi connectivity index (χ0n) is 20.4. The number of nitriles is 1. The van der Waals surface area contributed by atoms with E-state index in [-0.39, 0.29) is 16.5 Å². The summed E-state index contributed by atoms with van der Waals surface area (Å²) in [4.78, 5) is 6.23. The molecule has 10 heteroatoms. The first-order valence-electron chi connectivity index (χ1n) is 11.5. The summed E-state index contributed by atoms with van der Waals surface area (Å²) < 4.78 is 38.6. The van der Waals surface area contributed by atoms with Crippen molar-refractivity contribution < 1.29 is 22.7 Å². The molecule has 0 bridgehead atoms. The molecule has 0 amide bonds. The highest BCUT2D eigenvalue weighted by molar-refractivity contribution is 7.89. The van der Waals surface area contributed by atoms with Gasteiger partial charge in [-0.15, -0.1) is 0 Å². The summed E-state index contributed by atoms with van der Waals surface area (Å²) in [6, 6.07) is 13.9. The van der Waals surface area contributed by atoms with Crippen LogP contribution < -0.4 is 9.47 Å². The van der Waals surface area contributed by atoms with E-state index in [9.17, 15) is 13.7 Å². The molecule has 0 aromatic heterocycles. The van der Waals surface area contributed by atoms with Crippen molar-refractivity contribution in [1.29, 1.82) is 5.26 Å². The van der Waals surface area contributed by atoms with E-state index in [0.717, 1.165) is 11.3 Å². The number of nitrogens with zero attached hydrogens (tertiary/aromatic N) is 4. The molecule has 2 aromatic rings. The van der Waals surface area contributed by atoms with Gasteiger partial charge in [-0.2, -0.15) is 19.8 Å². The Kier molecular flexibility index (Phi) is 7.03. The van der Waals surface area contributed by atoms with Gasteiger partial charge >= 0.3 is 0 Å². The average molecular weight is 499 g/mol. The van der Waals surface area contributed by atoms with Gasteiger partial charge in [0.15, 0.2) is 11.5 Å². The zero-order chi connectivity index (χ0) is 25.2. The zero-order valence-corrected chi connectivity index (χ0v) is 21.2. The number of hydrogen-bond acceptors (Lipinski definition) is 8. The van der Waals surface area contributed by atoms with Gasteiger partial charge in [0.1, 0.15) is 6.07 Å². The van der Waals surface area contributed by atoms with Gasteiger partial charge in [-0.3, -0.25) is 0 Å². The molecule has 35 heavy (non-hydrogen) atoms. The van der Waals surface area contributed by atoms with Gasteiger partial charge < -0.3 is 9.47 Å². The number of hydrogen-bond donors (Lipinski definition) is 0. The van der Waals surface area contributed by atoms with Crippen LogP contribution in [0.4, 0.5) is 0 Å². The molecule has 2 heterocycles. The number of sulfonamides is 1. The molecule has 1 saturated heterocycles. The van der Waals surface area contributed by atoms with Crippen molar-refractivity contribution in [1.82, 2.24) is 9.48 Å². The predicted octanol–water partition coefficient (Wildman–Crippen LogP) is 3.55. The maximum atomic E-state index is 13.2. The van der Waals surface area contributed by atoms with Crippen LogP contribution in [0, 0.1) is 11.3 Å². The molecule has 186 valence electrons. The van der Waals surface area contributed by atoms with E-state index in [0.29, 0.717) is 43.9 Å². The van der Waals surface area contributed by atoms with Crippen LogP contribution in [0.25, 0.3) is 0 Å². The monoisotopic (exact) mass is 498 g/mol. The lowest BCUT2D eigenvalue weighted by Gasteiger charge is -2.42. The van der Waals surface area contributed by atoms with Crippen LogP contribution in [0.3, 0.4) is 0 Å². The lowest BCUT2D eigenvalue weighted by atomic mass is 9.95. The minimum Gasteiger partial charge on any atom is -0.493 e. The smallest absolute Gasteiger partial charge is 0.244 e. The fourth-order valence-corrected chi connectivity index (χ4v) is 6.03. The molecule has 2 aliphatic heterocycles. The lowest BCUT2D eigenvalue weighted by molar-refractivity contribution is -0.265. The Morgan fingerprint density at radius 1 is 1.09 bits per heavy atom. The Balaban J connectivity index is 1.53. The minimum absolute atomic E-state index is 0.0464. The van der Waals surface area contributed by atoms with E-state index in [1.807, 2.05) is 38.1 Å². The Labute approximate surface area is 206 Å². The summed E-state index contributed by atoms with van der Waals surface area (Å²) in [5.41, 5.74) is 1.44. The molecule has 0 spiro atoms. The van der Waals surface area contributed by atoms with E-state index in [2.05, 4.69) is 0 Å². The number of rotatable bonds is 6. The molecule has 0 radical (unpaired) electrons. The highest BCUT2D eigenvalue weighted by atomic mass is 32.2. The molecule has 4 rings (SSSR count). The molecule has 0 unspecified atom stereocenters. The van der Waals surface area contributed by atoms with Crippen LogP contribution in [-0.4, -0.2) is 62.6 Å². The van der Waals surface area contributed by atoms with E-state index in [1.54, 1.807) is 31.5 Å². The third kappa shape index (κ3) is 5.12. The fraction of sp³-hybridized carbons (Fsp3) is 0.440. The van der Waals surface area contributed by atoms with Gasteiger partial charge in [0.25, 0.3) is 0 Å². The van der Waals surface area contributed by atoms with Crippen LogP contribution in [0.15, 0.2) is 52.5 Å². The van der Waals surface area contributed by atoms with Crippen LogP contribution in [0.2, 0.25) is 0 Å². The van der Waals surface area contributed by atoms with Crippen molar-refractivity contribution in [3.05, 3.63) is 53.6 Å². The molecule has 0 aliphatic carbocycles. The van der Waals surface area contributed by atoms with Crippen molar-refractivity contribution >= 4 is 15.7 Å². The first-order valence-corrected chi connectivity index (χ1v) is 12.9. The fourth-order valence-electron chi connectivity index (χ4n) is 4.42. The summed E-state index contributed by atoms with van der Waals surface area (Å²) in [6.07, 6.45) is 1.70. The quantitative estimate of drug-likeness (QED) is 0.600. The van der Waals surface area contributed by atoms with Crippen molar-refractivity contribution in [3.63, 3.8) is 0 Å². The van der Waals surface area contributed by atoms with Crippen molar-refractivity contribution in [3.8, 4) is 17.6 Å². The number of benzene rings is 2. The van der Waals surface area contributed by atoms with Gasteiger partial charge in [0.05, 0.1) is 42.0 Å². The summed E-state index contributed by atoms with van der Waals surface area (Å²) in [5, 5.41) is 15.8. The van der Waals surface area contributed by atoms with Gasteiger partial charge in [-0.25, -0.2) is 13.3 Å². The number of ether oxygens (including phenoxy) is 2. The first-order chi connectivity index (χ1) is 16.7. The van der Waals surface area contributed by atoms with Gasteiger partial charge in [-0.1, -0.05) is 12.1 Å². The van der Waals surface area contributed by atoms with Crippen LogP contribution in [-0.2, 0) is 14.9 Å². The first kappa shape index (κ1) is 25.0. The van der Waals surface area contributed by atoms with Crippen LogP contribution in [0.1, 0.15) is 44.2 Å². The standard InChI is InChI=1S/C25H30N4O5S/c1-25(2)16-21(18-9-10-22(32-3)23(15-18)33-4)27-29(34-25)20-11-13-28(14-12-20)35(30,31)24-8-6-5-7-19(24)17-26/h5-10,15,20H,11-14,16H2,1-4H3. The van der Waals surface area contributed by atoms with Gasteiger partial charge in [0.2, 0.25) is 10.0 Å². The maximum absolute atomic E-state index is 13.2. The van der Waals surface area contributed by atoms with Crippen LogP contribution >= 0.6 is 0 Å². The SMILES string of the molecule is COc1ccc(C2=NN(C3CCN(S(=O)(=O)c4ccccc4C#N)CC3)OC(C)(C)C2)cc1OC. The summed E-state index contributed by atoms with van der Waals surface area (Å²) in [6.45, 7) is 4.64. The Hall–Kier alpha value is -3.13. The average Bonchev–Trinajstić information content (AvgIpc) is 2.87. The van der Waals surface area contributed by atoms with Crippen LogP contribution in [0.5, 0.6) is 11.5 Å². The van der Waals surface area contributed by atoms with Crippen molar-refractivity contribution in [2.45, 2.75) is 49.6 Å². The Morgan fingerprint density at radius 3 is 2.43 bits per heavy atom. The van der Waals surface area contributed by atoms with E-state index in [4.69, 9.17) is 19.4 Å². The molecule has 1 fully saturated rings. The molecule has 0 N–H and O–H groups in total. The normalized spacial score (nSPS) is 19.1. The molecule has 0 saturated carbocycles. The predicted molar refractivity (Wildman–Crippen MR) is 131 cm³/mol. The highest BCUT2D eigenvalue weighted by Crippen LogP contribution is 2.34. The minimum atomic E-state index is -3.76. The summed E-state index contributed by atoms with van der Waals surface area (Å²) in [7, 11) is -0.565. The Bertz CT molecular complexity index is 1260. The Morgan fingerprint density at radius 2 is 1.77 bits per heavy atom. The molecular weight excluding hydrogens is 468 g/mol. The largest absolute Gasteiger partial charge is 0.493 e. The third-order valence-electron chi connectivity index (χ3n) is 6.23. The lowest BCUT2D eigenvalue weighted by Crippen LogP contribution is -2.50. The van der Waals surface area contributed by atoms with E-state index in [1.165, 1.54) is 16.4 Å².